The van der Waals surface area contributed by atoms with Crippen molar-refractivity contribution in [3.8, 4) is 0 Å². The first-order valence-corrected chi connectivity index (χ1v) is 8.06. The van der Waals surface area contributed by atoms with Crippen molar-refractivity contribution in [3.63, 3.8) is 0 Å². The minimum atomic E-state index is -3.61. The molecule has 0 unspecified atom stereocenters. The second kappa shape index (κ2) is 6.19. The van der Waals surface area contributed by atoms with Gasteiger partial charge in [0.25, 0.3) is 0 Å². The van der Waals surface area contributed by atoms with E-state index in [1.165, 1.54) is 6.07 Å². The van der Waals surface area contributed by atoms with Crippen LogP contribution >= 0.6 is 0 Å². The first-order chi connectivity index (χ1) is 9.92. The maximum absolute atomic E-state index is 12.2. The summed E-state index contributed by atoms with van der Waals surface area (Å²) in [7, 11) is -3.61. The van der Waals surface area contributed by atoms with Crippen LogP contribution in [-0.2, 0) is 23.0 Å². The zero-order valence-electron chi connectivity index (χ0n) is 12.0. The average Bonchev–Trinajstić information content (AvgIpc) is 2.46. The predicted molar refractivity (Wildman–Crippen MR) is 81.0 cm³/mol. The summed E-state index contributed by atoms with van der Waals surface area (Å²) in [5.41, 5.74) is 8.59. The topological polar surface area (TPSA) is 98.0 Å². The van der Waals surface area contributed by atoms with Crippen LogP contribution in [0, 0.1) is 6.92 Å². The molecule has 2 aromatic rings. The van der Waals surface area contributed by atoms with Gasteiger partial charge in [0.1, 0.15) is 0 Å². The first kappa shape index (κ1) is 15.4. The highest BCUT2D eigenvalue weighted by molar-refractivity contribution is 7.89. The van der Waals surface area contributed by atoms with Crippen LogP contribution in [-0.4, -0.2) is 18.4 Å². The van der Waals surface area contributed by atoms with Gasteiger partial charge in [0, 0.05) is 11.9 Å². The number of aryl methyl sites for hydroxylation is 2. The summed E-state index contributed by atoms with van der Waals surface area (Å²) >= 11 is 0. The Morgan fingerprint density at radius 2 is 2.00 bits per heavy atom. The molecule has 1 aromatic heterocycles. The fraction of sp³-hybridized carbons (Fsp3) is 0.286. The Labute approximate surface area is 124 Å². The van der Waals surface area contributed by atoms with Crippen LogP contribution in [0.2, 0.25) is 0 Å². The number of aromatic nitrogens is 2. The number of nitrogens with one attached hydrogen (secondary N) is 1. The highest BCUT2D eigenvalue weighted by Crippen LogP contribution is 2.18. The maximum Gasteiger partial charge on any atom is 0.240 e. The number of nitrogens with two attached hydrogens (primary N) is 1. The van der Waals surface area contributed by atoms with Gasteiger partial charge in [-0.3, -0.25) is 9.97 Å². The summed E-state index contributed by atoms with van der Waals surface area (Å²) in [6.45, 7) is 3.87. The van der Waals surface area contributed by atoms with Crippen LogP contribution in [0.1, 0.15) is 23.9 Å². The molecule has 0 aliphatic carbocycles. The summed E-state index contributed by atoms with van der Waals surface area (Å²) in [6, 6.07) is 4.76. The van der Waals surface area contributed by atoms with Gasteiger partial charge >= 0.3 is 0 Å². The minimum Gasteiger partial charge on any atom is -0.398 e. The molecule has 7 heteroatoms. The van der Waals surface area contributed by atoms with Crippen molar-refractivity contribution < 1.29 is 8.42 Å². The van der Waals surface area contributed by atoms with Crippen molar-refractivity contribution in [3.05, 3.63) is 47.5 Å². The number of benzene rings is 1. The van der Waals surface area contributed by atoms with Crippen molar-refractivity contribution in [1.82, 2.24) is 14.7 Å². The van der Waals surface area contributed by atoms with E-state index in [0.717, 1.165) is 17.7 Å². The van der Waals surface area contributed by atoms with Gasteiger partial charge in [0.05, 0.1) is 29.0 Å². The number of nitrogen functional groups attached to an aromatic ring is 1. The van der Waals surface area contributed by atoms with Crippen molar-refractivity contribution in [2.75, 3.05) is 5.73 Å². The van der Waals surface area contributed by atoms with Crippen LogP contribution in [0.3, 0.4) is 0 Å². The van der Waals surface area contributed by atoms with Gasteiger partial charge in [0.2, 0.25) is 10.0 Å². The zero-order chi connectivity index (χ0) is 15.5. The number of nitrogens with zero attached hydrogens (tertiary/aromatic N) is 2. The molecule has 3 N–H and O–H groups in total. The van der Waals surface area contributed by atoms with E-state index in [-0.39, 0.29) is 11.4 Å². The van der Waals surface area contributed by atoms with Crippen LogP contribution in [0.15, 0.2) is 35.5 Å². The lowest BCUT2D eigenvalue weighted by molar-refractivity contribution is 0.580. The van der Waals surface area contributed by atoms with E-state index >= 15 is 0 Å². The summed E-state index contributed by atoms with van der Waals surface area (Å²) in [5, 5.41) is 0. The average molecular weight is 306 g/mol. The second-order valence-electron chi connectivity index (χ2n) is 4.69. The van der Waals surface area contributed by atoms with E-state index in [2.05, 4.69) is 14.7 Å². The highest BCUT2D eigenvalue weighted by atomic mass is 32.2. The van der Waals surface area contributed by atoms with Gasteiger partial charge < -0.3 is 5.73 Å². The summed E-state index contributed by atoms with van der Waals surface area (Å²) in [6.07, 6.45) is 3.91. The Morgan fingerprint density at radius 3 is 2.57 bits per heavy atom. The third kappa shape index (κ3) is 3.77. The predicted octanol–water partition coefficient (Wildman–Crippen LogP) is 1.41. The third-order valence-corrected chi connectivity index (χ3v) is 4.49. The lowest BCUT2D eigenvalue weighted by Crippen LogP contribution is -2.24. The largest absolute Gasteiger partial charge is 0.398 e. The van der Waals surface area contributed by atoms with Crippen LogP contribution in [0.25, 0.3) is 0 Å². The molecule has 0 amide bonds. The Balaban J connectivity index is 2.14. The standard InChI is InChI=1S/C14H18N4O2S/c1-3-11-4-5-13(6-14(11)15)21(19,20)18-9-12-8-16-10(2)7-17-12/h4-8,18H,3,9,15H2,1-2H3. The number of sulfonamides is 1. The summed E-state index contributed by atoms with van der Waals surface area (Å²) in [5.74, 6) is 0. The molecule has 6 nitrogen and oxygen atoms in total. The van der Waals surface area contributed by atoms with Crippen molar-refractivity contribution in [2.45, 2.75) is 31.7 Å². The Morgan fingerprint density at radius 1 is 1.24 bits per heavy atom. The summed E-state index contributed by atoms with van der Waals surface area (Å²) in [4.78, 5) is 8.33. The van der Waals surface area contributed by atoms with Gasteiger partial charge in [0.15, 0.2) is 0 Å². The van der Waals surface area contributed by atoms with Gasteiger partial charge in [-0.15, -0.1) is 0 Å². The van der Waals surface area contributed by atoms with Crippen molar-refractivity contribution in [1.29, 1.82) is 0 Å². The molecule has 0 spiro atoms. The molecule has 0 radical (unpaired) electrons. The van der Waals surface area contributed by atoms with Gasteiger partial charge in [-0.05, 0) is 31.0 Å². The number of hydrogen-bond donors (Lipinski definition) is 2. The van der Waals surface area contributed by atoms with E-state index in [0.29, 0.717) is 11.4 Å². The minimum absolute atomic E-state index is 0.0883. The monoisotopic (exact) mass is 306 g/mol. The number of anilines is 1. The Kier molecular flexibility index (Phi) is 4.54. The molecule has 1 aromatic carbocycles. The third-order valence-electron chi connectivity index (χ3n) is 3.09. The normalized spacial score (nSPS) is 11.5. The SMILES string of the molecule is CCc1ccc(S(=O)(=O)NCc2cnc(C)cn2)cc1N. The molecule has 0 atom stereocenters. The maximum atomic E-state index is 12.2. The van der Waals surface area contributed by atoms with Crippen LogP contribution < -0.4 is 10.5 Å². The fourth-order valence-corrected chi connectivity index (χ4v) is 2.86. The van der Waals surface area contributed by atoms with E-state index in [9.17, 15) is 8.42 Å². The Bertz CT molecular complexity index is 727. The fourth-order valence-electron chi connectivity index (χ4n) is 1.83. The first-order valence-electron chi connectivity index (χ1n) is 6.58. The molecule has 21 heavy (non-hydrogen) atoms. The summed E-state index contributed by atoms with van der Waals surface area (Å²) < 4.78 is 26.9. The number of rotatable bonds is 5. The van der Waals surface area contributed by atoms with E-state index in [4.69, 9.17) is 5.73 Å². The van der Waals surface area contributed by atoms with E-state index < -0.39 is 10.0 Å². The molecule has 0 aliphatic rings. The van der Waals surface area contributed by atoms with Crippen molar-refractivity contribution >= 4 is 15.7 Å². The molecule has 0 saturated carbocycles. The molecular weight excluding hydrogens is 288 g/mol. The molecule has 0 saturated heterocycles. The lowest BCUT2D eigenvalue weighted by Gasteiger charge is -2.09. The quantitative estimate of drug-likeness (QED) is 0.814. The van der Waals surface area contributed by atoms with Gasteiger partial charge in [-0.2, -0.15) is 0 Å². The Hall–Kier alpha value is -1.99. The van der Waals surface area contributed by atoms with Crippen molar-refractivity contribution in [2.24, 2.45) is 0 Å². The second-order valence-corrected chi connectivity index (χ2v) is 6.45. The van der Waals surface area contributed by atoms with Gasteiger partial charge in [-0.25, -0.2) is 13.1 Å². The molecular formula is C14H18N4O2S. The lowest BCUT2D eigenvalue weighted by atomic mass is 10.1. The number of hydrogen-bond acceptors (Lipinski definition) is 5. The van der Waals surface area contributed by atoms with E-state index in [1.54, 1.807) is 24.5 Å². The van der Waals surface area contributed by atoms with Gasteiger partial charge in [-0.1, -0.05) is 13.0 Å². The molecule has 0 bridgehead atoms. The molecule has 0 fully saturated rings. The molecule has 112 valence electrons. The van der Waals surface area contributed by atoms with Crippen LogP contribution in [0.4, 0.5) is 5.69 Å². The molecule has 0 aliphatic heterocycles. The van der Waals surface area contributed by atoms with Crippen LogP contribution in [0.5, 0.6) is 0 Å². The zero-order valence-corrected chi connectivity index (χ0v) is 12.8. The highest BCUT2D eigenvalue weighted by Gasteiger charge is 2.15. The molecule has 1 heterocycles. The smallest absolute Gasteiger partial charge is 0.240 e. The molecule has 2 rings (SSSR count). The van der Waals surface area contributed by atoms with E-state index in [1.807, 2.05) is 13.8 Å².